The molecule has 0 radical (unpaired) electrons. The highest BCUT2D eigenvalue weighted by Gasteiger charge is 2.27. The molecule has 2 rings (SSSR count). The number of imide groups is 1. The number of amides is 2. The number of aromatic nitrogens is 2. The molecule has 1 saturated heterocycles. The molecular weight excluding hydrogens is 246 g/mol. The topological polar surface area (TPSA) is 81.1 Å². The van der Waals surface area contributed by atoms with E-state index in [0.717, 1.165) is 4.68 Å². The van der Waals surface area contributed by atoms with Crippen molar-refractivity contribution in [3.05, 3.63) is 27.6 Å². The van der Waals surface area contributed by atoms with Crippen molar-refractivity contribution in [2.75, 3.05) is 0 Å². The fourth-order valence-corrected chi connectivity index (χ4v) is 1.87. The van der Waals surface area contributed by atoms with Gasteiger partial charge in [-0.25, -0.2) is 4.68 Å². The van der Waals surface area contributed by atoms with Crippen LogP contribution in [0.15, 0.2) is 17.1 Å². The Labute approximate surface area is 102 Å². The predicted octanol–water partition coefficient (Wildman–Crippen LogP) is 0.265. The smallest absolute Gasteiger partial charge is 0.268 e. The van der Waals surface area contributed by atoms with Gasteiger partial charge in [0.2, 0.25) is 5.91 Å². The van der Waals surface area contributed by atoms with E-state index in [1.165, 1.54) is 12.3 Å². The van der Waals surface area contributed by atoms with Crippen LogP contribution in [0, 0.1) is 0 Å². The molecular formula is C10H10ClN3O3. The molecule has 1 unspecified atom stereocenters. The second-order valence-corrected chi connectivity index (χ2v) is 4.21. The third-order valence-corrected chi connectivity index (χ3v) is 2.74. The van der Waals surface area contributed by atoms with Crippen molar-refractivity contribution in [2.24, 2.45) is 0 Å². The van der Waals surface area contributed by atoms with Gasteiger partial charge in [0.1, 0.15) is 6.04 Å². The number of rotatable bonds is 1. The number of carbonyl (C=O) groups is 2. The highest BCUT2D eigenvalue weighted by Crippen LogP contribution is 2.16. The van der Waals surface area contributed by atoms with Crippen molar-refractivity contribution in [2.45, 2.75) is 25.3 Å². The van der Waals surface area contributed by atoms with Crippen LogP contribution in [0.5, 0.6) is 0 Å². The van der Waals surface area contributed by atoms with Gasteiger partial charge in [0.25, 0.3) is 11.5 Å². The molecule has 2 amide bonds. The van der Waals surface area contributed by atoms with E-state index >= 15 is 0 Å². The van der Waals surface area contributed by atoms with E-state index in [9.17, 15) is 14.4 Å². The fraction of sp³-hybridized carbons (Fsp3) is 0.400. The lowest BCUT2D eigenvalue weighted by Gasteiger charge is -2.13. The lowest BCUT2D eigenvalue weighted by Crippen LogP contribution is -2.38. The van der Waals surface area contributed by atoms with Crippen molar-refractivity contribution in [1.29, 1.82) is 0 Å². The molecule has 90 valence electrons. The molecule has 1 fully saturated rings. The molecule has 0 saturated carbocycles. The molecule has 1 aliphatic heterocycles. The quantitative estimate of drug-likeness (QED) is 0.730. The Balaban J connectivity index is 2.35. The highest BCUT2D eigenvalue weighted by atomic mass is 35.5. The Morgan fingerprint density at radius 1 is 1.41 bits per heavy atom. The third kappa shape index (κ3) is 2.52. The summed E-state index contributed by atoms with van der Waals surface area (Å²) in [4.78, 5) is 34.5. The zero-order valence-corrected chi connectivity index (χ0v) is 9.61. The van der Waals surface area contributed by atoms with Gasteiger partial charge in [0, 0.05) is 12.5 Å². The minimum absolute atomic E-state index is 0.219. The van der Waals surface area contributed by atoms with Gasteiger partial charge < -0.3 is 0 Å². The first kappa shape index (κ1) is 11.8. The first-order chi connectivity index (χ1) is 8.08. The molecule has 1 aromatic rings. The van der Waals surface area contributed by atoms with Gasteiger partial charge in [-0.15, -0.1) is 0 Å². The van der Waals surface area contributed by atoms with Crippen LogP contribution in [0.1, 0.15) is 25.3 Å². The van der Waals surface area contributed by atoms with E-state index < -0.39 is 17.5 Å². The first-order valence-corrected chi connectivity index (χ1v) is 5.54. The Bertz CT molecular complexity index is 526. The van der Waals surface area contributed by atoms with Gasteiger partial charge in [-0.05, 0) is 12.8 Å². The molecule has 1 atom stereocenters. The van der Waals surface area contributed by atoms with E-state index in [-0.39, 0.29) is 17.4 Å². The van der Waals surface area contributed by atoms with Gasteiger partial charge in [-0.2, -0.15) is 5.10 Å². The Morgan fingerprint density at radius 2 is 2.18 bits per heavy atom. The van der Waals surface area contributed by atoms with Gasteiger partial charge in [-0.3, -0.25) is 19.7 Å². The minimum atomic E-state index is -0.744. The average molecular weight is 256 g/mol. The normalized spacial score (nSPS) is 20.9. The Hall–Kier alpha value is -1.69. The van der Waals surface area contributed by atoms with E-state index in [1.807, 2.05) is 0 Å². The molecule has 6 nitrogen and oxygen atoms in total. The van der Waals surface area contributed by atoms with Crippen LogP contribution < -0.4 is 10.9 Å². The molecule has 0 aromatic carbocycles. The number of nitrogens with zero attached hydrogens (tertiary/aromatic N) is 2. The summed E-state index contributed by atoms with van der Waals surface area (Å²) in [6.07, 6.45) is 2.53. The van der Waals surface area contributed by atoms with Crippen LogP contribution in [0.2, 0.25) is 5.02 Å². The highest BCUT2D eigenvalue weighted by molar-refractivity contribution is 6.30. The largest absolute Gasteiger partial charge is 0.295 e. The lowest BCUT2D eigenvalue weighted by molar-refractivity contribution is -0.131. The van der Waals surface area contributed by atoms with Crippen molar-refractivity contribution in [3.63, 3.8) is 0 Å². The maximum atomic E-state index is 11.7. The van der Waals surface area contributed by atoms with E-state index in [0.29, 0.717) is 12.8 Å². The average Bonchev–Trinajstić information content (AvgIpc) is 2.40. The maximum Gasteiger partial charge on any atom is 0.268 e. The van der Waals surface area contributed by atoms with Crippen molar-refractivity contribution in [1.82, 2.24) is 15.1 Å². The van der Waals surface area contributed by atoms with E-state index in [1.54, 1.807) is 0 Å². The van der Waals surface area contributed by atoms with Crippen LogP contribution in [0.3, 0.4) is 0 Å². The Morgan fingerprint density at radius 3 is 2.88 bits per heavy atom. The maximum absolute atomic E-state index is 11.7. The van der Waals surface area contributed by atoms with Gasteiger partial charge in [0.05, 0.1) is 11.2 Å². The molecule has 1 aliphatic rings. The Kier molecular flexibility index (Phi) is 3.23. The lowest BCUT2D eigenvalue weighted by atomic mass is 10.1. The molecule has 1 N–H and O–H groups in total. The fourth-order valence-electron chi connectivity index (χ4n) is 1.73. The number of nitrogens with one attached hydrogen (secondary N) is 1. The van der Waals surface area contributed by atoms with Crippen LogP contribution in [-0.4, -0.2) is 21.6 Å². The second-order valence-electron chi connectivity index (χ2n) is 3.78. The summed E-state index contributed by atoms with van der Waals surface area (Å²) in [6.45, 7) is 0. The second kappa shape index (κ2) is 4.67. The summed E-state index contributed by atoms with van der Waals surface area (Å²) >= 11 is 5.62. The minimum Gasteiger partial charge on any atom is -0.295 e. The standard InChI is InChI=1S/C10H10ClN3O3/c11-6-4-9(16)14(12-5-6)7-2-1-3-8(15)13-10(7)17/h4-5,7H,1-3H2,(H,13,15,17). The molecule has 1 aromatic heterocycles. The molecule has 17 heavy (non-hydrogen) atoms. The van der Waals surface area contributed by atoms with Crippen LogP contribution in [0.25, 0.3) is 0 Å². The van der Waals surface area contributed by atoms with Gasteiger partial charge in [0.15, 0.2) is 0 Å². The molecule has 2 heterocycles. The summed E-state index contributed by atoms with van der Waals surface area (Å²) in [5.41, 5.74) is -0.452. The number of halogens is 1. The number of carbonyl (C=O) groups excluding carboxylic acids is 2. The van der Waals surface area contributed by atoms with Crippen LogP contribution >= 0.6 is 11.6 Å². The molecule has 0 aliphatic carbocycles. The first-order valence-electron chi connectivity index (χ1n) is 5.16. The zero-order valence-electron chi connectivity index (χ0n) is 8.85. The monoisotopic (exact) mass is 255 g/mol. The van der Waals surface area contributed by atoms with Crippen LogP contribution in [-0.2, 0) is 9.59 Å². The van der Waals surface area contributed by atoms with E-state index in [4.69, 9.17) is 11.6 Å². The zero-order chi connectivity index (χ0) is 12.4. The molecule has 0 bridgehead atoms. The molecule has 7 heteroatoms. The summed E-state index contributed by atoms with van der Waals surface area (Å²) in [5, 5.41) is 6.26. The summed E-state index contributed by atoms with van der Waals surface area (Å²) in [6, 6.07) is 0.445. The molecule has 0 spiro atoms. The van der Waals surface area contributed by atoms with E-state index in [2.05, 4.69) is 10.4 Å². The van der Waals surface area contributed by atoms with Crippen molar-refractivity contribution in [3.8, 4) is 0 Å². The summed E-state index contributed by atoms with van der Waals surface area (Å²) < 4.78 is 1.06. The summed E-state index contributed by atoms with van der Waals surface area (Å²) in [7, 11) is 0. The number of hydrogen-bond donors (Lipinski definition) is 1. The third-order valence-electron chi connectivity index (χ3n) is 2.53. The number of hydrogen-bond acceptors (Lipinski definition) is 4. The van der Waals surface area contributed by atoms with Crippen molar-refractivity contribution >= 4 is 23.4 Å². The van der Waals surface area contributed by atoms with Crippen molar-refractivity contribution < 1.29 is 9.59 Å². The summed E-state index contributed by atoms with van der Waals surface area (Å²) in [5.74, 6) is -0.816. The SMILES string of the molecule is O=C1CCCC(n2ncc(Cl)cc2=O)C(=O)N1. The van der Waals surface area contributed by atoms with Gasteiger partial charge >= 0.3 is 0 Å². The van der Waals surface area contributed by atoms with Crippen LogP contribution in [0.4, 0.5) is 0 Å². The predicted molar refractivity (Wildman–Crippen MR) is 59.5 cm³/mol. The van der Waals surface area contributed by atoms with Gasteiger partial charge in [-0.1, -0.05) is 11.6 Å².